The number of benzene rings is 1. The highest BCUT2D eigenvalue weighted by molar-refractivity contribution is 9.10. The van der Waals surface area contributed by atoms with Gasteiger partial charge in [-0.1, -0.05) is 39.5 Å². The highest BCUT2D eigenvalue weighted by atomic mass is 79.9. The van der Waals surface area contributed by atoms with Gasteiger partial charge in [0.25, 0.3) is 0 Å². The van der Waals surface area contributed by atoms with Crippen molar-refractivity contribution in [2.75, 3.05) is 18.1 Å². The molecule has 0 aliphatic carbocycles. The van der Waals surface area contributed by atoms with Crippen molar-refractivity contribution >= 4 is 39.3 Å². The van der Waals surface area contributed by atoms with Crippen molar-refractivity contribution in [3.63, 3.8) is 0 Å². The summed E-state index contributed by atoms with van der Waals surface area (Å²) in [5.41, 5.74) is 1.12. The molecule has 0 fully saturated rings. The van der Waals surface area contributed by atoms with Gasteiger partial charge in [-0.2, -0.15) is 0 Å². The van der Waals surface area contributed by atoms with Gasteiger partial charge in [0.1, 0.15) is 0 Å². The first-order valence-electron chi connectivity index (χ1n) is 5.34. The van der Waals surface area contributed by atoms with Crippen LogP contribution in [0.1, 0.15) is 18.5 Å². The number of hydrogen-bond donors (Lipinski definition) is 1. The van der Waals surface area contributed by atoms with E-state index in [-0.39, 0.29) is 6.04 Å². The first-order valence-corrected chi connectivity index (χ1v) is 7.67. The molecule has 0 saturated heterocycles. The summed E-state index contributed by atoms with van der Waals surface area (Å²) in [5.74, 6) is 4.40. The number of thioether (sulfide) groups is 1. The van der Waals surface area contributed by atoms with Crippen molar-refractivity contribution in [2.24, 2.45) is 0 Å². The van der Waals surface area contributed by atoms with Crippen molar-refractivity contribution in [3.8, 4) is 12.3 Å². The Labute approximate surface area is 121 Å². The molecule has 1 aromatic rings. The maximum atomic E-state index is 6.19. The van der Waals surface area contributed by atoms with Crippen LogP contribution in [0, 0.1) is 12.3 Å². The quantitative estimate of drug-likeness (QED) is 0.621. The summed E-state index contributed by atoms with van der Waals surface area (Å²) in [7, 11) is 0. The van der Waals surface area contributed by atoms with E-state index in [4.69, 9.17) is 18.0 Å². The summed E-state index contributed by atoms with van der Waals surface area (Å²) in [6.07, 6.45) is 5.18. The standard InChI is InChI=1S/C13H15BrClNS/c1-3-7-17-8-6-16-10(2)12-5-4-11(14)9-13(12)15/h1,4-5,9-10,16H,6-8H2,2H3. The highest BCUT2D eigenvalue weighted by Crippen LogP contribution is 2.26. The van der Waals surface area contributed by atoms with Crippen LogP contribution in [-0.4, -0.2) is 18.1 Å². The van der Waals surface area contributed by atoms with Crippen LogP contribution in [0.5, 0.6) is 0 Å². The number of terminal acetylenes is 1. The number of hydrogen-bond acceptors (Lipinski definition) is 2. The molecule has 0 spiro atoms. The molecule has 1 aromatic carbocycles. The number of rotatable bonds is 6. The van der Waals surface area contributed by atoms with Crippen LogP contribution in [0.2, 0.25) is 5.02 Å². The lowest BCUT2D eigenvalue weighted by atomic mass is 10.1. The minimum absolute atomic E-state index is 0.252. The predicted molar refractivity (Wildman–Crippen MR) is 81.7 cm³/mol. The predicted octanol–water partition coefficient (Wildman–Crippen LogP) is 4.12. The lowest BCUT2D eigenvalue weighted by Gasteiger charge is -2.15. The van der Waals surface area contributed by atoms with Crippen LogP contribution in [0.25, 0.3) is 0 Å². The molecule has 1 rings (SSSR count). The van der Waals surface area contributed by atoms with Gasteiger partial charge in [-0.3, -0.25) is 0 Å². The van der Waals surface area contributed by atoms with Gasteiger partial charge in [0.05, 0.1) is 5.75 Å². The molecule has 0 radical (unpaired) electrons. The topological polar surface area (TPSA) is 12.0 Å². The Morgan fingerprint density at radius 1 is 1.59 bits per heavy atom. The molecule has 1 atom stereocenters. The Balaban J connectivity index is 2.42. The fourth-order valence-corrected chi connectivity index (χ4v) is 2.80. The molecule has 4 heteroatoms. The van der Waals surface area contributed by atoms with Crippen LogP contribution < -0.4 is 5.32 Å². The van der Waals surface area contributed by atoms with Gasteiger partial charge >= 0.3 is 0 Å². The molecule has 0 aliphatic heterocycles. The Bertz CT molecular complexity index is 403. The molecule has 1 N–H and O–H groups in total. The Morgan fingerprint density at radius 3 is 3.00 bits per heavy atom. The third kappa shape index (κ3) is 5.35. The van der Waals surface area contributed by atoms with Crippen LogP contribution in [0.15, 0.2) is 22.7 Å². The molecule has 0 saturated carbocycles. The molecule has 0 amide bonds. The summed E-state index contributed by atoms with van der Waals surface area (Å²) in [4.78, 5) is 0. The second-order valence-corrected chi connectivity index (χ2v) is 6.03. The zero-order chi connectivity index (χ0) is 12.7. The molecule has 1 unspecified atom stereocenters. The van der Waals surface area contributed by atoms with E-state index >= 15 is 0 Å². The maximum Gasteiger partial charge on any atom is 0.0545 e. The summed E-state index contributed by atoms with van der Waals surface area (Å²) < 4.78 is 1.00. The zero-order valence-electron chi connectivity index (χ0n) is 9.67. The van der Waals surface area contributed by atoms with Crippen LogP contribution in [0.4, 0.5) is 0 Å². The van der Waals surface area contributed by atoms with E-state index in [9.17, 15) is 0 Å². The third-order valence-corrected chi connectivity index (χ3v) is 4.00. The minimum atomic E-state index is 0.252. The Hall–Kier alpha value is -0.140. The second-order valence-electron chi connectivity index (χ2n) is 3.60. The molecule has 92 valence electrons. The van der Waals surface area contributed by atoms with E-state index < -0.39 is 0 Å². The lowest BCUT2D eigenvalue weighted by molar-refractivity contribution is 0.601. The first-order chi connectivity index (χ1) is 8.15. The van der Waals surface area contributed by atoms with E-state index in [2.05, 4.69) is 34.1 Å². The Morgan fingerprint density at radius 2 is 2.35 bits per heavy atom. The summed E-state index contributed by atoms with van der Waals surface area (Å²) in [5, 5.41) is 4.22. The van der Waals surface area contributed by atoms with Crippen LogP contribution in [-0.2, 0) is 0 Å². The van der Waals surface area contributed by atoms with E-state index in [1.165, 1.54) is 0 Å². The largest absolute Gasteiger partial charge is 0.309 e. The number of halogens is 2. The molecule has 0 aromatic heterocycles. The van der Waals surface area contributed by atoms with Crippen molar-refractivity contribution in [1.82, 2.24) is 5.32 Å². The van der Waals surface area contributed by atoms with Gasteiger partial charge in [0, 0.05) is 27.8 Å². The monoisotopic (exact) mass is 331 g/mol. The summed E-state index contributed by atoms with van der Waals surface area (Å²) >= 11 is 11.3. The minimum Gasteiger partial charge on any atom is -0.309 e. The molecule has 1 nitrogen and oxygen atoms in total. The molecule has 17 heavy (non-hydrogen) atoms. The SMILES string of the molecule is C#CCSCCNC(C)c1ccc(Br)cc1Cl. The van der Waals surface area contributed by atoms with E-state index in [0.29, 0.717) is 0 Å². The number of nitrogens with one attached hydrogen (secondary N) is 1. The zero-order valence-corrected chi connectivity index (χ0v) is 12.8. The summed E-state index contributed by atoms with van der Waals surface area (Å²) in [6.45, 7) is 3.04. The van der Waals surface area contributed by atoms with Crippen molar-refractivity contribution in [3.05, 3.63) is 33.3 Å². The van der Waals surface area contributed by atoms with Gasteiger partial charge in [0.15, 0.2) is 0 Å². The normalized spacial score (nSPS) is 12.1. The lowest BCUT2D eigenvalue weighted by Crippen LogP contribution is -2.21. The van der Waals surface area contributed by atoms with Crippen LogP contribution in [0.3, 0.4) is 0 Å². The van der Waals surface area contributed by atoms with E-state index in [0.717, 1.165) is 33.1 Å². The first kappa shape index (κ1) is 14.9. The fourth-order valence-electron chi connectivity index (χ4n) is 1.44. The van der Waals surface area contributed by atoms with E-state index in [1.807, 2.05) is 18.2 Å². The third-order valence-electron chi connectivity index (χ3n) is 2.31. The maximum absolute atomic E-state index is 6.19. The molecule has 0 aliphatic rings. The van der Waals surface area contributed by atoms with Crippen molar-refractivity contribution < 1.29 is 0 Å². The highest BCUT2D eigenvalue weighted by Gasteiger charge is 2.08. The van der Waals surface area contributed by atoms with Gasteiger partial charge in [-0.05, 0) is 24.6 Å². The van der Waals surface area contributed by atoms with E-state index in [1.54, 1.807) is 11.8 Å². The van der Waals surface area contributed by atoms with Gasteiger partial charge in [0.2, 0.25) is 0 Å². The average molecular weight is 333 g/mol. The van der Waals surface area contributed by atoms with Gasteiger partial charge in [-0.25, -0.2) is 0 Å². The molecular weight excluding hydrogens is 318 g/mol. The molecular formula is C13H15BrClNS. The fraction of sp³-hybridized carbons (Fsp3) is 0.385. The molecule has 0 bridgehead atoms. The van der Waals surface area contributed by atoms with Crippen LogP contribution >= 0.6 is 39.3 Å². The van der Waals surface area contributed by atoms with Gasteiger partial charge < -0.3 is 5.32 Å². The Kier molecular flexibility index (Phi) is 7.06. The second kappa shape index (κ2) is 8.05. The smallest absolute Gasteiger partial charge is 0.0545 e. The molecule has 0 heterocycles. The average Bonchev–Trinajstić information content (AvgIpc) is 2.28. The van der Waals surface area contributed by atoms with Crippen molar-refractivity contribution in [2.45, 2.75) is 13.0 Å². The van der Waals surface area contributed by atoms with Gasteiger partial charge in [-0.15, -0.1) is 18.2 Å². The summed E-state index contributed by atoms with van der Waals surface area (Å²) in [6, 6.07) is 6.22. The van der Waals surface area contributed by atoms with Crippen molar-refractivity contribution in [1.29, 1.82) is 0 Å².